The van der Waals surface area contributed by atoms with Crippen molar-refractivity contribution in [2.75, 3.05) is 10.7 Å². The fraction of sp³-hybridized carbons (Fsp3) is 0.154. The number of hydrogen-bond acceptors (Lipinski definition) is 5. The molecule has 4 N–H and O–H groups in total. The Morgan fingerprint density at radius 3 is 2.65 bits per heavy atom. The molecule has 2 heterocycles. The van der Waals surface area contributed by atoms with Crippen LogP contribution < -0.4 is 16.6 Å². The Labute approximate surface area is 121 Å². The summed E-state index contributed by atoms with van der Waals surface area (Å²) in [4.78, 5) is 20.4. The van der Waals surface area contributed by atoms with Crippen LogP contribution >= 0.6 is 11.6 Å². The van der Waals surface area contributed by atoms with Gasteiger partial charge in [-0.2, -0.15) is 0 Å². The summed E-state index contributed by atoms with van der Waals surface area (Å²) in [5.74, 6) is 5.28. The number of nitrogens with two attached hydrogens (primary N) is 1. The number of halogens is 1. The lowest BCUT2D eigenvalue weighted by Gasteiger charge is -2.09. The second kappa shape index (κ2) is 5.85. The highest BCUT2D eigenvalue weighted by molar-refractivity contribution is 6.30. The molecule has 2 rings (SSSR count). The molecular formula is C13H14ClN5O. The minimum Gasteiger partial charge on any atom is -0.320 e. The van der Waals surface area contributed by atoms with Gasteiger partial charge in [0.1, 0.15) is 11.0 Å². The highest BCUT2D eigenvalue weighted by Crippen LogP contribution is 2.17. The van der Waals surface area contributed by atoms with Crippen molar-refractivity contribution >= 4 is 29.0 Å². The van der Waals surface area contributed by atoms with Crippen molar-refractivity contribution in [3.05, 3.63) is 46.4 Å². The van der Waals surface area contributed by atoms with Crippen LogP contribution in [0.5, 0.6) is 0 Å². The smallest absolute Gasteiger partial charge is 0.255 e. The molecule has 0 bridgehead atoms. The van der Waals surface area contributed by atoms with Crippen molar-refractivity contribution in [2.24, 2.45) is 5.84 Å². The van der Waals surface area contributed by atoms with Gasteiger partial charge in [0, 0.05) is 11.3 Å². The zero-order chi connectivity index (χ0) is 14.7. The number of nitrogen functional groups attached to an aromatic ring is 1. The molecular weight excluding hydrogens is 278 g/mol. The van der Waals surface area contributed by atoms with E-state index in [1.807, 2.05) is 19.9 Å². The van der Waals surface area contributed by atoms with Crippen LogP contribution in [0.4, 0.5) is 11.5 Å². The van der Waals surface area contributed by atoms with Crippen LogP contribution in [-0.2, 0) is 0 Å². The van der Waals surface area contributed by atoms with Crippen molar-refractivity contribution in [1.29, 1.82) is 0 Å². The van der Waals surface area contributed by atoms with Crippen LogP contribution in [0.3, 0.4) is 0 Å². The topological polar surface area (TPSA) is 92.9 Å². The van der Waals surface area contributed by atoms with Gasteiger partial charge in [0.05, 0.1) is 11.4 Å². The van der Waals surface area contributed by atoms with E-state index in [1.54, 1.807) is 6.07 Å². The third-order valence-corrected chi connectivity index (χ3v) is 2.87. The highest BCUT2D eigenvalue weighted by Gasteiger charge is 2.11. The van der Waals surface area contributed by atoms with Gasteiger partial charge >= 0.3 is 0 Å². The number of amides is 1. The van der Waals surface area contributed by atoms with E-state index in [1.165, 1.54) is 12.1 Å². The Balaban J connectivity index is 2.26. The fourth-order valence-electron chi connectivity index (χ4n) is 1.72. The summed E-state index contributed by atoms with van der Waals surface area (Å²) in [5, 5.41) is 2.96. The minimum atomic E-state index is -0.306. The van der Waals surface area contributed by atoms with Gasteiger partial charge in [-0.15, -0.1) is 0 Å². The Morgan fingerprint density at radius 2 is 2.00 bits per heavy atom. The van der Waals surface area contributed by atoms with Crippen LogP contribution in [-0.4, -0.2) is 15.9 Å². The van der Waals surface area contributed by atoms with Gasteiger partial charge in [0.25, 0.3) is 5.91 Å². The zero-order valence-corrected chi connectivity index (χ0v) is 11.8. The monoisotopic (exact) mass is 291 g/mol. The average molecular weight is 292 g/mol. The van der Waals surface area contributed by atoms with Crippen LogP contribution in [0.15, 0.2) is 24.3 Å². The number of nitrogens with one attached hydrogen (secondary N) is 2. The molecule has 0 aliphatic heterocycles. The Hall–Kier alpha value is -2.18. The number of hydrogen-bond donors (Lipinski definition) is 3. The quantitative estimate of drug-likeness (QED) is 0.458. The molecule has 104 valence electrons. The Morgan fingerprint density at radius 1 is 1.25 bits per heavy atom. The molecule has 0 aliphatic rings. The number of aromatic nitrogens is 2. The molecule has 0 fully saturated rings. The first-order valence-corrected chi connectivity index (χ1v) is 6.27. The van der Waals surface area contributed by atoms with E-state index >= 15 is 0 Å². The first-order valence-electron chi connectivity index (χ1n) is 5.89. The van der Waals surface area contributed by atoms with E-state index < -0.39 is 0 Å². The van der Waals surface area contributed by atoms with Crippen molar-refractivity contribution < 1.29 is 4.79 Å². The lowest BCUT2D eigenvalue weighted by molar-refractivity contribution is 0.102. The van der Waals surface area contributed by atoms with Gasteiger partial charge in [-0.25, -0.2) is 10.8 Å². The number of aryl methyl sites for hydroxylation is 2. The van der Waals surface area contributed by atoms with Gasteiger partial charge in [-0.3, -0.25) is 9.78 Å². The summed E-state index contributed by atoms with van der Waals surface area (Å²) in [7, 11) is 0. The molecule has 0 aromatic carbocycles. The van der Waals surface area contributed by atoms with E-state index in [0.29, 0.717) is 17.1 Å². The number of rotatable bonds is 3. The summed E-state index contributed by atoms with van der Waals surface area (Å²) in [6, 6.07) is 6.61. The van der Waals surface area contributed by atoms with Crippen molar-refractivity contribution in [3.8, 4) is 0 Å². The zero-order valence-electron chi connectivity index (χ0n) is 11.1. The number of carbonyl (C=O) groups is 1. The highest BCUT2D eigenvalue weighted by atomic mass is 35.5. The van der Waals surface area contributed by atoms with Crippen LogP contribution in [0, 0.1) is 13.8 Å². The largest absolute Gasteiger partial charge is 0.320 e. The maximum Gasteiger partial charge on any atom is 0.255 e. The summed E-state index contributed by atoms with van der Waals surface area (Å²) < 4.78 is 0. The standard InChI is InChI=1S/C13H14ClN5O/c1-7-3-4-10(8(2)16-7)17-13(20)9-5-11(14)18-12(6-9)19-15/h3-6H,15H2,1-2H3,(H,17,20)(H,18,19). The third kappa shape index (κ3) is 3.23. The van der Waals surface area contributed by atoms with Crippen LogP contribution in [0.2, 0.25) is 5.15 Å². The summed E-state index contributed by atoms with van der Waals surface area (Å²) in [5.41, 5.74) is 5.00. The number of nitrogens with zero attached hydrogens (tertiary/aromatic N) is 2. The molecule has 0 spiro atoms. The molecule has 2 aromatic heterocycles. The lowest BCUT2D eigenvalue weighted by Crippen LogP contribution is -2.15. The molecule has 0 aliphatic carbocycles. The van der Waals surface area contributed by atoms with E-state index in [9.17, 15) is 4.79 Å². The van der Waals surface area contributed by atoms with E-state index in [2.05, 4.69) is 20.7 Å². The molecule has 20 heavy (non-hydrogen) atoms. The van der Waals surface area contributed by atoms with E-state index in [-0.39, 0.29) is 11.1 Å². The maximum absolute atomic E-state index is 12.2. The predicted octanol–water partition coefficient (Wildman–Crippen LogP) is 2.28. The maximum atomic E-state index is 12.2. The van der Waals surface area contributed by atoms with Crippen molar-refractivity contribution in [1.82, 2.24) is 9.97 Å². The van der Waals surface area contributed by atoms with Gasteiger partial charge in [0.15, 0.2) is 0 Å². The van der Waals surface area contributed by atoms with Gasteiger partial charge in [-0.1, -0.05) is 11.6 Å². The summed E-state index contributed by atoms with van der Waals surface area (Å²) in [6.07, 6.45) is 0. The molecule has 1 amide bonds. The van der Waals surface area contributed by atoms with Crippen molar-refractivity contribution in [2.45, 2.75) is 13.8 Å². The van der Waals surface area contributed by atoms with Gasteiger partial charge in [0.2, 0.25) is 0 Å². The molecule has 0 saturated heterocycles. The van der Waals surface area contributed by atoms with Gasteiger partial charge < -0.3 is 10.7 Å². The minimum absolute atomic E-state index is 0.185. The van der Waals surface area contributed by atoms with Crippen LogP contribution in [0.1, 0.15) is 21.7 Å². The summed E-state index contributed by atoms with van der Waals surface area (Å²) >= 11 is 5.83. The van der Waals surface area contributed by atoms with Gasteiger partial charge in [-0.05, 0) is 38.1 Å². The van der Waals surface area contributed by atoms with Crippen LogP contribution in [0.25, 0.3) is 0 Å². The molecule has 7 heteroatoms. The fourth-order valence-corrected chi connectivity index (χ4v) is 1.92. The molecule has 0 saturated carbocycles. The molecule has 0 atom stereocenters. The number of hydrazine groups is 1. The average Bonchev–Trinajstić information content (AvgIpc) is 2.41. The lowest BCUT2D eigenvalue weighted by atomic mass is 10.2. The first kappa shape index (κ1) is 14.2. The number of pyridine rings is 2. The second-order valence-electron chi connectivity index (χ2n) is 4.25. The Bertz CT molecular complexity index is 659. The molecule has 6 nitrogen and oxygen atoms in total. The SMILES string of the molecule is Cc1ccc(NC(=O)c2cc(Cl)nc(NN)c2)c(C)n1. The number of anilines is 2. The summed E-state index contributed by atoms with van der Waals surface area (Å²) in [6.45, 7) is 3.72. The molecule has 0 radical (unpaired) electrons. The predicted molar refractivity (Wildman–Crippen MR) is 78.7 cm³/mol. The molecule has 2 aromatic rings. The number of carbonyl (C=O) groups excluding carboxylic acids is 1. The Kier molecular flexibility index (Phi) is 4.16. The molecule has 0 unspecified atom stereocenters. The van der Waals surface area contributed by atoms with Crippen molar-refractivity contribution in [3.63, 3.8) is 0 Å². The van der Waals surface area contributed by atoms with E-state index in [4.69, 9.17) is 17.4 Å². The normalized spacial score (nSPS) is 10.2. The second-order valence-corrected chi connectivity index (χ2v) is 4.64. The first-order chi connectivity index (χ1) is 9.49. The van der Waals surface area contributed by atoms with E-state index in [0.717, 1.165) is 11.4 Å². The third-order valence-electron chi connectivity index (χ3n) is 2.68.